The molecule has 0 bridgehead atoms. The maximum Gasteiger partial charge on any atom is 0.237 e. The Kier molecular flexibility index (Phi) is 4.71. The number of hydrogen-bond acceptors (Lipinski definition) is 4. The van der Waals surface area contributed by atoms with Crippen LogP contribution in [-0.2, 0) is 11.3 Å². The fourth-order valence-corrected chi connectivity index (χ4v) is 3.34. The Morgan fingerprint density at radius 1 is 1.35 bits per heavy atom. The van der Waals surface area contributed by atoms with Gasteiger partial charge >= 0.3 is 0 Å². The minimum absolute atomic E-state index is 0.0162. The van der Waals surface area contributed by atoms with Gasteiger partial charge in [-0.05, 0) is 45.7 Å². The third-order valence-electron chi connectivity index (χ3n) is 3.97. The molecule has 0 aliphatic heterocycles. The summed E-state index contributed by atoms with van der Waals surface area (Å²) in [5.74, 6) is 1.62. The number of aryl methyl sites for hydroxylation is 1. The van der Waals surface area contributed by atoms with E-state index in [4.69, 9.17) is 0 Å². The summed E-state index contributed by atoms with van der Waals surface area (Å²) in [5, 5.41) is 12.2. The lowest BCUT2D eigenvalue weighted by atomic mass is 10.2. The van der Waals surface area contributed by atoms with E-state index in [2.05, 4.69) is 27.0 Å². The summed E-state index contributed by atoms with van der Waals surface area (Å²) in [4.78, 5) is 12.4. The molecule has 0 saturated heterocycles. The number of amides is 1. The number of aromatic nitrogens is 3. The highest BCUT2D eigenvalue weighted by Crippen LogP contribution is 2.40. The zero-order valence-corrected chi connectivity index (χ0v) is 14.6. The molecule has 2 aromatic rings. The topological polar surface area (TPSA) is 59.8 Å². The molecule has 1 atom stereocenters. The summed E-state index contributed by atoms with van der Waals surface area (Å²) in [6.07, 6.45) is 2.40. The zero-order valence-electron chi connectivity index (χ0n) is 13.7. The lowest BCUT2D eigenvalue weighted by Crippen LogP contribution is -2.23. The minimum Gasteiger partial charge on any atom is -0.325 e. The van der Waals surface area contributed by atoms with Gasteiger partial charge in [-0.2, -0.15) is 0 Å². The molecule has 5 nitrogen and oxygen atoms in total. The Morgan fingerprint density at radius 2 is 2.04 bits per heavy atom. The van der Waals surface area contributed by atoms with Gasteiger partial charge in [-0.1, -0.05) is 29.5 Å². The molecule has 1 aliphatic rings. The molecule has 1 aromatic carbocycles. The van der Waals surface area contributed by atoms with Crippen molar-refractivity contribution in [2.24, 2.45) is 0 Å². The number of thioether (sulfide) groups is 1. The highest BCUT2D eigenvalue weighted by Gasteiger charge is 2.30. The van der Waals surface area contributed by atoms with Gasteiger partial charge in [0.15, 0.2) is 5.16 Å². The van der Waals surface area contributed by atoms with Crippen LogP contribution in [0.5, 0.6) is 0 Å². The van der Waals surface area contributed by atoms with Crippen LogP contribution in [0, 0.1) is 6.92 Å². The van der Waals surface area contributed by atoms with Crippen molar-refractivity contribution in [3.8, 4) is 0 Å². The Balaban J connectivity index is 1.65. The highest BCUT2D eigenvalue weighted by molar-refractivity contribution is 8.00. The van der Waals surface area contributed by atoms with Crippen LogP contribution in [0.25, 0.3) is 0 Å². The standard InChI is InChI=1S/C17H22N4OS/c1-4-21-15(13-7-8-13)19-20-17(21)23-12(3)16(22)18-14-9-5-11(2)6-10-14/h5-6,9-10,12-13H,4,7-8H2,1-3H3,(H,18,22)/t12-/m0/s1. The average molecular weight is 330 g/mol. The first-order valence-corrected chi connectivity index (χ1v) is 8.93. The van der Waals surface area contributed by atoms with Gasteiger partial charge in [0.1, 0.15) is 5.82 Å². The predicted octanol–water partition coefficient (Wildman–Crippen LogP) is 3.60. The summed E-state index contributed by atoms with van der Waals surface area (Å²) < 4.78 is 2.14. The van der Waals surface area contributed by atoms with Crippen LogP contribution < -0.4 is 5.32 Å². The smallest absolute Gasteiger partial charge is 0.237 e. The second-order valence-electron chi connectivity index (χ2n) is 5.97. The Bertz CT molecular complexity index is 691. The molecule has 1 aliphatic carbocycles. The second kappa shape index (κ2) is 6.74. The first-order valence-electron chi connectivity index (χ1n) is 8.05. The Hall–Kier alpha value is -1.82. The number of benzene rings is 1. The van der Waals surface area contributed by atoms with E-state index in [1.807, 2.05) is 38.1 Å². The number of nitrogens with zero attached hydrogens (tertiary/aromatic N) is 3. The van der Waals surface area contributed by atoms with Gasteiger partial charge in [-0.3, -0.25) is 4.79 Å². The minimum atomic E-state index is -0.224. The Labute approximate surface area is 140 Å². The monoisotopic (exact) mass is 330 g/mol. The van der Waals surface area contributed by atoms with E-state index in [9.17, 15) is 4.79 Å². The van der Waals surface area contributed by atoms with Gasteiger partial charge in [-0.25, -0.2) is 0 Å². The van der Waals surface area contributed by atoms with E-state index < -0.39 is 0 Å². The molecule has 122 valence electrons. The normalized spacial score (nSPS) is 15.4. The van der Waals surface area contributed by atoms with Crippen molar-refractivity contribution in [2.75, 3.05) is 5.32 Å². The average Bonchev–Trinajstić information content (AvgIpc) is 3.31. The summed E-state index contributed by atoms with van der Waals surface area (Å²) in [6, 6.07) is 7.82. The number of nitrogens with one attached hydrogen (secondary N) is 1. The number of hydrogen-bond donors (Lipinski definition) is 1. The second-order valence-corrected chi connectivity index (χ2v) is 7.28. The predicted molar refractivity (Wildman–Crippen MR) is 92.8 cm³/mol. The zero-order chi connectivity index (χ0) is 16.4. The van der Waals surface area contributed by atoms with Crippen molar-refractivity contribution >= 4 is 23.4 Å². The van der Waals surface area contributed by atoms with Gasteiger partial charge in [0.25, 0.3) is 0 Å². The third-order valence-corrected chi connectivity index (χ3v) is 5.06. The van der Waals surface area contributed by atoms with E-state index in [0.29, 0.717) is 5.92 Å². The molecule has 1 fully saturated rings. The molecule has 1 saturated carbocycles. The van der Waals surface area contributed by atoms with Gasteiger partial charge in [0, 0.05) is 18.2 Å². The molecule has 1 aromatic heterocycles. The molecule has 1 heterocycles. The van der Waals surface area contributed by atoms with Gasteiger partial charge in [0.05, 0.1) is 5.25 Å². The molecule has 0 unspecified atom stereocenters. The molecule has 0 radical (unpaired) electrons. The van der Waals surface area contributed by atoms with E-state index in [-0.39, 0.29) is 11.2 Å². The van der Waals surface area contributed by atoms with Crippen LogP contribution in [0.1, 0.15) is 44.0 Å². The van der Waals surface area contributed by atoms with Crippen molar-refractivity contribution < 1.29 is 4.79 Å². The molecule has 0 spiro atoms. The highest BCUT2D eigenvalue weighted by atomic mass is 32.2. The number of anilines is 1. The van der Waals surface area contributed by atoms with Crippen molar-refractivity contribution in [3.63, 3.8) is 0 Å². The van der Waals surface area contributed by atoms with E-state index in [0.717, 1.165) is 23.2 Å². The molecule has 3 rings (SSSR count). The molecule has 23 heavy (non-hydrogen) atoms. The van der Waals surface area contributed by atoms with E-state index in [1.165, 1.54) is 30.2 Å². The van der Waals surface area contributed by atoms with Gasteiger partial charge in [0.2, 0.25) is 5.91 Å². The number of carbonyl (C=O) groups excluding carboxylic acids is 1. The van der Waals surface area contributed by atoms with Crippen LogP contribution in [0.3, 0.4) is 0 Å². The number of rotatable bonds is 6. The number of carbonyl (C=O) groups is 1. The fourth-order valence-electron chi connectivity index (χ4n) is 2.42. The fraction of sp³-hybridized carbons (Fsp3) is 0.471. The SMILES string of the molecule is CCn1c(S[C@@H](C)C(=O)Nc2ccc(C)cc2)nnc1C1CC1. The van der Waals surface area contributed by atoms with E-state index >= 15 is 0 Å². The summed E-state index contributed by atoms with van der Waals surface area (Å²) in [5.41, 5.74) is 2.00. The largest absolute Gasteiger partial charge is 0.325 e. The maximum atomic E-state index is 12.4. The lowest BCUT2D eigenvalue weighted by molar-refractivity contribution is -0.115. The maximum absolute atomic E-state index is 12.4. The van der Waals surface area contributed by atoms with Crippen LogP contribution >= 0.6 is 11.8 Å². The van der Waals surface area contributed by atoms with Crippen LogP contribution in [0.15, 0.2) is 29.4 Å². The quantitative estimate of drug-likeness (QED) is 0.822. The molecular weight excluding hydrogens is 308 g/mol. The van der Waals surface area contributed by atoms with Gasteiger partial charge < -0.3 is 9.88 Å². The van der Waals surface area contributed by atoms with Crippen molar-refractivity contribution in [3.05, 3.63) is 35.7 Å². The molecule has 1 amide bonds. The molecular formula is C17H22N4OS. The first kappa shape index (κ1) is 16.1. The lowest BCUT2D eigenvalue weighted by Gasteiger charge is -2.12. The summed E-state index contributed by atoms with van der Waals surface area (Å²) in [7, 11) is 0. The summed E-state index contributed by atoms with van der Waals surface area (Å²) in [6.45, 7) is 6.86. The molecule has 6 heteroatoms. The van der Waals surface area contributed by atoms with Crippen LogP contribution in [0.2, 0.25) is 0 Å². The Morgan fingerprint density at radius 3 is 2.65 bits per heavy atom. The van der Waals surface area contributed by atoms with Gasteiger partial charge in [-0.15, -0.1) is 10.2 Å². The van der Waals surface area contributed by atoms with Crippen molar-refractivity contribution in [1.29, 1.82) is 0 Å². The third kappa shape index (κ3) is 3.75. The van der Waals surface area contributed by atoms with E-state index in [1.54, 1.807) is 0 Å². The molecule has 1 N–H and O–H groups in total. The van der Waals surface area contributed by atoms with Crippen molar-refractivity contribution in [1.82, 2.24) is 14.8 Å². The van der Waals surface area contributed by atoms with Crippen LogP contribution in [0.4, 0.5) is 5.69 Å². The summed E-state index contributed by atoms with van der Waals surface area (Å²) >= 11 is 1.47. The van der Waals surface area contributed by atoms with Crippen LogP contribution in [-0.4, -0.2) is 25.9 Å². The van der Waals surface area contributed by atoms with Crippen molar-refractivity contribution in [2.45, 2.75) is 56.5 Å². The first-order chi connectivity index (χ1) is 11.1.